The normalized spacial score (nSPS) is 26.9. The van der Waals surface area contributed by atoms with E-state index in [1.165, 1.54) is 0 Å². The van der Waals surface area contributed by atoms with Crippen molar-refractivity contribution in [2.24, 2.45) is 5.41 Å². The van der Waals surface area contributed by atoms with Crippen LogP contribution in [0.3, 0.4) is 0 Å². The zero-order valence-corrected chi connectivity index (χ0v) is 27.2. The van der Waals surface area contributed by atoms with Crippen molar-refractivity contribution in [1.82, 2.24) is 19.5 Å². The lowest BCUT2D eigenvalue weighted by Gasteiger charge is -2.25. The first-order valence-corrected chi connectivity index (χ1v) is 17.3. The Hall–Kier alpha value is -1.77. The molecule has 0 bridgehead atoms. The van der Waals surface area contributed by atoms with Gasteiger partial charge in [0.15, 0.2) is 29.0 Å². The van der Waals surface area contributed by atoms with Gasteiger partial charge in [0.05, 0.1) is 19.5 Å². The number of carbonyl (C=O) groups is 1. The van der Waals surface area contributed by atoms with Gasteiger partial charge in [0.2, 0.25) is 12.1 Å². The number of anilines is 1. The number of fused-ring (bicyclic) bond motifs is 2. The van der Waals surface area contributed by atoms with Gasteiger partial charge in [0.25, 0.3) is 0 Å². The number of aromatic nitrogens is 4. The first kappa shape index (κ1) is 32.6. The number of ether oxygens (including phenoxy) is 6. The van der Waals surface area contributed by atoms with E-state index in [4.69, 9.17) is 55.8 Å². The van der Waals surface area contributed by atoms with Crippen LogP contribution in [0.25, 0.3) is 11.2 Å². The summed E-state index contributed by atoms with van der Waals surface area (Å²) in [5, 5.41) is 3.54. The minimum atomic E-state index is -3.79. The van der Waals surface area contributed by atoms with Crippen molar-refractivity contribution in [3.63, 3.8) is 0 Å². The molecule has 2 saturated heterocycles. The Morgan fingerprint density at radius 1 is 1.19 bits per heavy atom. The van der Waals surface area contributed by atoms with E-state index in [9.17, 15) is 9.36 Å². The summed E-state index contributed by atoms with van der Waals surface area (Å²) < 4.78 is 53.5. The Balaban J connectivity index is 1.21. The van der Waals surface area contributed by atoms with E-state index >= 15 is 0 Å². The molecule has 1 unspecified atom stereocenters. The maximum atomic E-state index is 12.6. The van der Waals surface area contributed by atoms with Crippen molar-refractivity contribution >= 4 is 52.7 Å². The fourth-order valence-electron chi connectivity index (χ4n) is 5.24. The Bertz CT molecular complexity index is 1350. The van der Waals surface area contributed by atoms with Crippen molar-refractivity contribution in [3.05, 3.63) is 11.6 Å². The third kappa shape index (κ3) is 8.29. The quantitative estimate of drug-likeness (QED) is 0.132. The summed E-state index contributed by atoms with van der Waals surface area (Å²) in [6.45, 7) is 4.97. The highest BCUT2D eigenvalue weighted by atomic mass is 35.7. The average molecular weight is 666 g/mol. The van der Waals surface area contributed by atoms with Crippen LogP contribution in [0.15, 0.2) is 6.33 Å². The molecule has 3 fully saturated rings. The summed E-state index contributed by atoms with van der Waals surface area (Å²) >= 11 is 12.3. The number of hydrogen-bond acceptors (Lipinski definition) is 13. The summed E-state index contributed by atoms with van der Waals surface area (Å²) in [5.74, 6) is -0.319. The highest BCUT2D eigenvalue weighted by molar-refractivity contribution is 7.85. The third-order valence-electron chi connectivity index (χ3n) is 7.06. The van der Waals surface area contributed by atoms with E-state index in [0.717, 1.165) is 25.7 Å². The second kappa shape index (κ2) is 12.9. The fraction of sp³-hybridized carbons (Fsp3) is 0.769. The lowest BCUT2D eigenvalue weighted by molar-refractivity contribution is -0.201. The summed E-state index contributed by atoms with van der Waals surface area (Å²) in [7, 11) is 0. The highest BCUT2D eigenvalue weighted by Crippen LogP contribution is 2.52. The maximum absolute atomic E-state index is 12.6. The molecule has 0 amide bonds. The lowest BCUT2D eigenvalue weighted by atomic mass is 9.99. The molecule has 5 rings (SSSR count). The molecule has 1 aliphatic carbocycles. The molecular formula is C26H38Cl2N5O9P. The second-order valence-electron chi connectivity index (χ2n) is 12.5. The lowest BCUT2D eigenvalue weighted by Crippen LogP contribution is -2.33. The Morgan fingerprint density at radius 2 is 1.91 bits per heavy atom. The van der Waals surface area contributed by atoms with Crippen molar-refractivity contribution in [3.8, 4) is 0 Å². The van der Waals surface area contributed by atoms with Crippen LogP contribution in [0.5, 0.6) is 0 Å². The van der Waals surface area contributed by atoms with Crippen LogP contribution >= 0.6 is 29.6 Å². The van der Waals surface area contributed by atoms with Crippen LogP contribution in [0.2, 0.25) is 5.28 Å². The van der Waals surface area contributed by atoms with Crippen LogP contribution in [0, 0.1) is 5.41 Å². The predicted octanol–water partition coefficient (Wildman–Crippen LogP) is 5.83. The number of carbonyl (C=O) groups excluding carboxylic acids is 1. The minimum absolute atomic E-state index is 0.0392. The van der Waals surface area contributed by atoms with E-state index in [1.807, 2.05) is 34.6 Å². The van der Waals surface area contributed by atoms with Gasteiger partial charge in [-0.25, -0.2) is 9.78 Å². The first-order chi connectivity index (χ1) is 20.2. The van der Waals surface area contributed by atoms with Gasteiger partial charge in [0, 0.05) is 6.04 Å². The molecule has 3 aliphatic rings. The van der Waals surface area contributed by atoms with Crippen LogP contribution in [-0.2, 0) is 37.5 Å². The summed E-state index contributed by atoms with van der Waals surface area (Å²) in [6.07, 6.45) is 2.27. The van der Waals surface area contributed by atoms with E-state index in [1.54, 1.807) is 10.9 Å². The second-order valence-corrected chi connectivity index (χ2v) is 16.1. The van der Waals surface area contributed by atoms with E-state index in [-0.39, 0.29) is 23.9 Å². The molecule has 240 valence electrons. The molecule has 1 N–H and O–H groups in total. The number of rotatable bonds is 11. The van der Waals surface area contributed by atoms with E-state index in [0.29, 0.717) is 23.0 Å². The molecule has 14 nitrogen and oxygen atoms in total. The van der Waals surface area contributed by atoms with Crippen molar-refractivity contribution in [2.75, 3.05) is 31.7 Å². The highest BCUT2D eigenvalue weighted by Gasteiger charge is 2.56. The molecule has 0 spiro atoms. The van der Waals surface area contributed by atoms with Crippen LogP contribution < -0.4 is 5.32 Å². The molecule has 5 atom stereocenters. The molecule has 17 heteroatoms. The molecule has 43 heavy (non-hydrogen) atoms. The minimum Gasteiger partial charge on any atom is -0.434 e. The summed E-state index contributed by atoms with van der Waals surface area (Å²) in [5.41, 5.74) is 0.817. The number of nitrogens with one attached hydrogen (secondary N) is 1. The topological polar surface area (TPSA) is 154 Å². The third-order valence-corrected chi connectivity index (χ3v) is 8.80. The molecule has 2 aliphatic heterocycles. The number of halogens is 2. The van der Waals surface area contributed by atoms with Crippen molar-refractivity contribution in [2.45, 2.75) is 96.7 Å². The summed E-state index contributed by atoms with van der Waals surface area (Å²) in [4.78, 5) is 25.1. The van der Waals surface area contributed by atoms with Crippen LogP contribution in [0.4, 0.5) is 10.6 Å². The Kier molecular flexibility index (Phi) is 9.80. The van der Waals surface area contributed by atoms with E-state index in [2.05, 4.69) is 20.3 Å². The SMILES string of the molecule is CC(C)(C)COC(=O)OCOP(=O)(Cl)COC[C@H]1O[C@@H](n2cnc3c(NC4CCCC4)nc(Cl)nc32)[C@@H]2OC(C)(C)O[C@@H]21. The smallest absolute Gasteiger partial charge is 0.434 e. The zero-order chi connectivity index (χ0) is 31.0. The summed E-state index contributed by atoms with van der Waals surface area (Å²) in [6, 6.07) is 0.302. The molecule has 2 aromatic rings. The monoisotopic (exact) mass is 665 g/mol. The van der Waals surface area contributed by atoms with Crippen molar-refractivity contribution in [1.29, 1.82) is 0 Å². The van der Waals surface area contributed by atoms with Gasteiger partial charge < -0.3 is 33.7 Å². The largest absolute Gasteiger partial charge is 0.510 e. The van der Waals surface area contributed by atoms with Gasteiger partial charge in [-0.1, -0.05) is 33.6 Å². The Morgan fingerprint density at radius 3 is 2.63 bits per heavy atom. The number of imidazole rings is 1. The average Bonchev–Trinajstić information content (AvgIpc) is 3.67. The van der Waals surface area contributed by atoms with Crippen molar-refractivity contribution < 1.29 is 42.3 Å². The van der Waals surface area contributed by atoms with Crippen LogP contribution in [0.1, 0.15) is 66.5 Å². The van der Waals surface area contributed by atoms with Gasteiger partial charge in [-0.15, -0.1) is 0 Å². The standard InChI is InChI=1S/C26H38Cl2N5O9P/c1-25(2,3)11-37-24(34)38-13-39-43(28,35)14-36-10-16-18-19(42-26(4,5)41-18)22(40-16)33-12-29-17-20(30-15-8-6-7-9-15)31-23(27)32-21(17)33/h12,15-16,18-19,22H,6-11,13-14H2,1-5H3,(H,30,31,32)/t16-,18-,19-,22-,43?/m1/s1. The predicted molar refractivity (Wildman–Crippen MR) is 156 cm³/mol. The molecule has 1 saturated carbocycles. The molecule has 2 aromatic heterocycles. The van der Waals surface area contributed by atoms with Gasteiger partial charge >= 0.3 is 12.9 Å². The van der Waals surface area contributed by atoms with Gasteiger partial charge in [-0.2, -0.15) is 9.97 Å². The molecule has 0 radical (unpaired) electrons. The fourth-order valence-corrected chi connectivity index (χ4v) is 6.34. The van der Waals surface area contributed by atoms with Gasteiger partial charge in [-0.3, -0.25) is 13.7 Å². The number of nitrogens with zero attached hydrogens (tertiary/aromatic N) is 4. The van der Waals surface area contributed by atoms with Crippen LogP contribution in [-0.4, -0.2) is 82.2 Å². The number of hydrogen-bond donors (Lipinski definition) is 1. The maximum Gasteiger partial charge on any atom is 0.510 e. The van der Waals surface area contributed by atoms with Gasteiger partial charge in [0.1, 0.15) is 24.7 Å². The molecular weight excluding hydrogens is 628 g/mol. The first-order valence-electron chi connectivity index (χ1n) is 14.2. The molecule has 0 aromatic carbocycles. The zero-order valence-electron chi connectivity index (χ0n) is 24.8. The van der Waals surface area contributed by atoms with Gasteiger partial charge in [-0.05, 0) is 54.9 Å². The Labute approximate surface area is 259 Å². The van der Waals surface area contributed by atoms with E-state index < -0.39 is 56.3 Å². The molecule has 4 heterocycles.